The number of nitrogens with one attached hydrogen (secondary N) is 2. The number of hydrogen-bond donors (Lipinski definition) is 2. The third kappa shape index (κ3) is 2.44. The number of aromatic nitrogens is 2. The first-order valence-electron chi connectivity index (χ1n) is 7.99. The number of rotatable bonds is 3. The quantitative estimate of drug-likeness (QED) is 0.764. The highest BCUT2D eigenvalue weighted by atomic mass is 32.2. The minimum Gasteiger partial charge on any atom is -0.360 e. The lowest BCUT2D eigenvalue weighted by Gasteiger charge is -2.23. The maximum Gasteiger partial charge on any atom is 0.246 e. The van der Waals surface area contributed by atoms with Crippen LogP contribution in [0, 0.1) is 13.8 Å². The molecule has 0 bridgehead atoms. The van der Waals surface area contributed by atoms with Crippen molar-refractivity contribution in [1.29, 1.82) is 0 Å². The van der Waals surface area contributed by atoms with E-state index >= 15 is 0 Å². The van der Waals surface area contributed by atoms with Crippen LogP contribution >= 0.6 is 0 Å². The Morgan fingerprint density at radius 1 is 1.29 bits per heavy atom. The Hall–Kier alpha value is -2.12. The standard InChI is InChI=1S/C17H19N3O3S/c1-10-17(11(2)23-19-10)24(21,22)20-12-7-8-16-14(9-12)13-5-3-4-6-15(13)18-16/h3-6,12,18,20H,7-9H2,1-2H3. The molecule has 1 aliphatic rings. The number of hydrogen-bond acceptors (Lipinski definition) is 4. The smallest absolute Gasteiger partial charge is 0.246 e. The number of H-pyrrole nitrogens is 1. The van der Waals surface area contributed by atoms with Crippen molar-refractivity contribution in [2.75, 3.05) is 0 Å². The Morgan fingerprint density at radius 2 is 2.08 bits per heavy atom. The number of aryl methyl sites for hydroxylation is 3. The van der Waals surface area contributed by atoms with E-state index in [2.05, 4.69) is 27.0 Å². The summed E-state index contributed by atoms with van der Waals surface area (Å²) in [4.78, 5) is 3.60. The highest BCUT2D eigenvalue weighted by Crippen LogP contribution is 2.30. The zero-order valence-electron chi connectivity index (χ0n) is 13.6. The van der Waals surface area contributed by atoms with E-state index in [1.807, 2.05) is 12.1 Å². The lowest BCUT2D eigenvalue weighted by atomic mass is 9.92. The molecule has 2 N–H and O–H groups in total. The van der Waals surface area contributed by atoms with Gasteiger partial charge < -0.3 is 9.51 Å². The first-order chi connectivity index (χ1) is 11.5. The fraction of sp³-hybridized carbons (Fsp3) is 0.353. The molecule has 0 spiro atoms. The van der Waals surface area contributed by atoms with Gasteiger partial charge in [0.1, 0.15) is 10.6 Å². The van der Waals surface area contributed by atoms with Crippen LogP contribution in [0.1, 0.15) is 29.1 Å². The molecule has 0 saturated heterocycles. The van der Waals surface area contributed by atoms with Gasteiger partial charge in [0.2, 0.25) is 10.0 Å². The van der Waals surface area contributed by atoms with Gasteiger partial charge in [-0.25, -0.2) is 13.1 Å². The van der Waals surface area contributed by atoms with E-state index in [-0.39, 0.29) is 10.9 Å². The Labute approximate surface area is 140 Å². The second-order valence-corrected chi connectivity index (χ2v) is 7.99. The fourth-order valence-corrected chi connectivity index (χ4v) is 5.21. The van der Waals surface area contributed by atoms with E-state index in [0.717, 1.165) is 18.4 Å². The van der Waals surface area contributed by atoms with Crippen LogP contribution in [0.5, 0.6) is 0 Å². The maximum atomic E-state index is 12.7. The normalized spacial score (nSPS) is 18.0. The molecule has 0 aliphatic heterocycles. The summed E-state index contributed by atoms with van der Waals surface area (Å²) in [5.41, 5.74) is 3.92. The van der Waals surface area contributed by atoms with Crippen molar-refractivity contribution in [2.45, 2.75) is 44.0 Å². The summed E-state index contributed by atoms with van der Waals surface area (Å²) in [6.45, 7) is 3.26. The summed E-state index contributed by atoms with van der Waals surface area (Å²) in [5.74, 6) is 0.323. The average Bonchev–Trinajstić information content (AvgIpc) is 3.07. The highest BCUT2D eigenvalue weighted by molar-refractivity contribution is 7.89. The van der Waals surface area contributed by atoms with Crippen molar-refractivity contribution in [2.24, 2.45) is 0 Å². The molecule has 0 radical (unpaired) electrons. The molecule has 2 aromatic heterocycles. The lowest BCUT2D eigenvalue weighted by molar-refractivity contribution is 0.390. The second-order valence-electron chi connectivity index (χ2n) is 6.34. The van der Waals surface area contributed by atoms with Crippen molar-refractivity contribution in [3.8, 4) is 0 Å². The molecule has 0 saturated carbocycles. The van der Waals surface area contributed by atoms with Crippen LogP contribution in [0.15, 0.2) is 33.7 Å². The van der Waals surface area contributed by atoms with Crippen LogP contribution in [-0.2, 0) is 22.9 Å². The van der Waals surface area contributed by atoms with Gasteiger partial charge in [0, 0.05) is 22.6 Å². The van der Waals surface area contributed by atoms with Gasteiger partial charge in [-0.2, -0.15) is 0 Å². The summed E-state index contributed by atoms with van der Waals surface area (Å²) >= 11 is 0. The fourth-order valence-electron chi connectivity index (χ4n) is 3.61. The van der Waals surface area contributed by atoms with Crippen molar-refractivity contribution < 1.29 is 12.9 Å². The first-order valence-corrected chi connectivity index (χ1v) is 9.47. The zero-order chi connectivity index (χ0) is 16.9. The van der Waals surface area contributed by atoms with E-state index < -0.39 is 10.0 Å². The predicted octanol–water partition coefficient (Wildman–Crippen LogP) is 2.61. The molecule has 7 heteroatoms. The van der Waals surface area contributed by atoms with Crippen LogP contribution in [0.3, 0.4) is 0 Å². The van der Waals surface area contributed by atoms with Gasteiger partial charge in [-0.3, -0.25) is 0 Å². The molecule has 126 valence electrons. The number of nitrogens with zero attached hydrogens (tertiary/aromatic N) is 1. The Bertz CT molecular complexity index is 998. The van der Waals surface area contributed by atoms with E-state index in [0.29, 0.717) is 17.9 Å². The van der Waals surface area contributed by atoms with Crippen molar-refractivity contribution in [3.05, 3.63) is 47.0 Å². The van der Waals surface area contributed by atoms with Gasteiger partial charge in [0.25, 0.3) is 0 Å². The van der Waals surface area contributed by atoms with Crippen LogP contribution in [-0.4, -0.2) is 24.6 Å². The number of para-hydroxylation sites is 1. The van der Waals surface area contributed by atoms with Gasteiger partial charge in [-0.1, -0.05) is 23.4 Å². The Kier molecular flexibility index (Phi) is 3.51. The minimum atomic E-state index is -3.63. The van der Waals surface area contributed by atoms with E-state index in [1.54, 1.807) is 13.8 Å². The molecule has 0 fully saturated rings. The molecule has 1 aromatic carbocycles. The number of benzene rings is 1. The molecular formula is C17H19N3O3S. The molecule has 1 atom stereocenters. The van der Waals surface area contributed by atoms with Crippen molar-refractivity contribution in [3.63, 3.8) is 0 Å². The van der Waals surface area contributed by atoms with Crippen molar-refractivity contribution >= 4 is 20.9 Å². The molecule has 6 nitrogen and oxygen atoms in total. The predicted molar refractivity (Wildman–Crippen MR) is 90.4 cm³/mol. The van der Waals surface area contributed by atoms with Crippen molar-refractivity contribution in [1.82, 2.24) is 14.9 Å². The zero-order valence-corrected chi connectivity index (χ0v) is 14.4. The lowest BCUT2D eigenvalue weighted by Crippen LogP contribution is -2.39. The number of aromatic amines is 1. The van der Waals surface area contributed by atoms with Crippen LogP contribution in [0.4, 0.5) is 0 Å². The molecule has 3 aromatic rings. The summed E-state index contributed by atoms with van der Waals surface area (Å²) in [6, 6.07) is 8.01. The van der Waals surface area contributed by atoms with E-state index in [4.69, 9.17) is 4.52 Å². The van der Waals surface area contributed by atoms with Gasteiger partial charge in [-0.15, -0.1) is 0 Å². The third-order valence-electron chi connectivity index (χ3n) is 4.65. The van der Waals surface area contributed by atoms with E-state index in [9.17, 15) is 8.42 Å². The van der Waals surface area contributed by atoms with Crippen LogP contribution in [0.2, 0.25) is 0 Å². The molecule has 1 unspecified atom stereocenters. The topological polar surface area (TPSA) is 88.0 Å². The number of sulfonamides is 1. The Balaban J connectivity index is 1.63. The number of fused-ring (bicyclic) bond motifs is 3. The molecule has 2 heterocycles. The first kappa shape index (κ1) is 15.4. The van der Waals surface area contributed by atoms with Crippen LogP contribution in [0.25, 0.3) is 10.9 Å². The second kappa shape index (κ2) is 5.46. The van der Waals surface area contributed by atoms with Gasteiger partial charge in [0.05, 0.1) is 0 Å². The average molecular weight is 345 g/mol. The third-order valence-corrected chi connectivity index (χ3v) is 6.42. The minimum absolute atomic E-state index is 0.129. The largest absolute Gasteiger partial charge is 0.360 e. The summed E-state index contributed by atoms with van der Waals surface area (Å²) in [6.07, 6.45) is 2.28. The summed E-state index contributed by atoms with van der Waals surface area (Å²) in [5, 5.41) is 4.92. The molecule has 24 heavy (non-hydrogen) atoms. The molecule has 4 rings (SSSR count). The van der Waals surface area contributed by atoms with E-state index in [1.165, 1.54) is 16.6 Å². The molecule has 0 amide bonds. The van der Waals surface area contributed by atoms with Gasteiger partial charge in [-0.05, 0) is 44.7 Å². The van der Waals surface area contributed by atoms with Gasteiger partial charge >= 0.3 is 0 Å². The van der Waals surface area contributed by atoms with Gasteiger partial charge in [0.15, 0.2) is 5.76 Å². The molecule has 1 aliphatic carbocycles. The molecular weight excluding hydrogens is 326 g/mol. The monoisotopic (exact) mass is 345 g/mol. The highest BCUT2D eigenvalue weighted by Gasteiger charge is 2.30. The summed E-state index contributed by atoms with van der Waals surface area (Å²) in [7, 11) is -3.63. The maximum absolute atomic E-state index is 12.7. The summed E-state index contributed by atoms with van der Waals surface area (Å²) < 4.78 is 33.2. The Morgan fingerprint density at radius 3 is 2.83 bits per heavy atom. The SMILES string of the molecule is Cc1noc(C)c1S(=O)(=O)NC1CCc2[nH]c3ccccc3c2C1. The van der Waals surface area contributed by atoms with Crippen LogP contribution < -0.4 is 4.72 Å².